The van der Waals surface area contributed by atoms with Gasteiger partial charge in [0.25, 0.3) is 0 Å². The summed E-state index contributed by atoms with van der Waals surface area (Å²) < 4.78 is 9.86. The topological polar surface area (TPSA) is 18.5 Å². The van der Waals surface area contributed by atoms with Gasteiger partial charge in [-0.25, -0.2) is 0 Å². The Bertz CT molecular complexity index is 43.7. The van der Waals surface area contributed by atoms with E-state index in [0.717, 1.165) is 13.2 Å². The van der Waals surface area contributed by atoms with E-state index in [1.54, 1.807) is 0 Å². The Labute approximate surface area is 51.3 Å². The molecule has 0 spiro atoms. The third-order valence-electron chi connectivity index (χ3n) is 0.788. The quantitative estimate of drug-likeness (QED) is 0.442. The molecule has 1 rings (SSSR count). The molecule has 0 aromatic heterocycles. The fraction of sp³-hybridized carbons (Fsp3) is 1.00. The Morgan fingerprint density at radius 3 is 1.62 bits per heavy atom. The van der Waals surface area contributed by atoms with Crippen molar-refractivity contribution in [3.63, 3.8) is 0 Å². The Morgan fingerprint density at radius 2 is 1.50 bits per heavy atom. The maximum Gasteiger partial charge on any atom is 0.453 e. The van der Waals surface area contributed by atoms with Crippen LogP contribution in [0.5, 0.6) is 0 Å². The van der Waals surface area contributed by atoms with Gasteiger partial charge in [-0.1, -0.05) is 13.8 Å². The molecule has 0 N–H and O–H groups in total. The van der Waals surface area contributed by atoms with E-state index in [9.17, 15) is 0 Å². The number of hydrogen-bond donors (Lipinski definition) is 0. The molecule has 0 bridgehead atoms. The van der Waals surface area contributed by atoms with Gasteiger partial charge in [0.15, 0.2) is 0 Å². The minimum absolute atomic E-state index is 0.0463. The average Bonchev–Trinajstić information content (AvgIpc) is 2.24. The molecular weight excluding hydrogens is 103 g/mol. The van der Waals surface area contributed by atoms with Gasteiger partial charge in [0.05, 0.1) is 13.2 Å². The summed E-state index contributed by atoms with van der Waals surface area (Å²) in [7, 11) is 0.0463. The molecule has 1 fully saturated rings. The second-order valence-corrected chi connectivity index (χ2v) is 1.31. The first kappa shape index (κ1) is 7.98. The third kappa shape index (κ3) is 3.05. The van der Waals surface area contributed by atoms with E-state index in [-0.39, 0.29) is 7.12 Å². The van der Waals surface area contributed by atoms with Crippen molar-refractivity contribution in [2.24, 2.45) is 0 Å². The molecule has 0 saturated carbocycles. The standard InChI is InChI=1S/C3H7BO2.C2H6/c1-4-5-2-3-6-4;1-2/h2-3H2,1H3;1-2H3. The van der Waals surface area contributed by atoms with Crippen molar-refractivity contribution in [2.45, 2.75) is 20.7 Å². The number of hydrogen-bond acceptors (Lipinski definition) is 2. The molecular formula is C5H13BO2. The van der Waals surface area contributed by atoms with Crippen LogP contribution in [-0.4, -0.2) is 20.3 Å². The Hall–Kier alpha value is -0.0151. The van der Waals surface area contributed by atoms with Crippen molar-refractivity contribution < 1.29 is 9.31 Å². The van der Waals surface area contributed by atoms with Gasteiger partial charge < -0.3 is 9.31 Å². The summed E-state index contributed by atoms with van der Waals surface area (Å²) in [5, 5.41) is 0. The van der Waals surface area contributed by atoms with Crippen molar-refractivity contribution in [1.29, 1.82) is 0 Å². The molecule has 1 heterocycles. The summed E-state index contributed by atoms with van der Waals surface area (Å²) in [5.74, 6) is 0. The molecule has 48 valence electrons. The molecule has 0 atom stereocenters. The minimum atomic E-state index is 0.0463. The largest absolute Gasteiger partial charge is 0.453 e. The SMILES string of the molecule is CB1OCCO1.CC. The molecule has 0 aromatic rings. The van der Waals surface area contributed by atoms with E-state index in [4.69, 9.17) is 9.31 Å². The summed E-state index contributed by atoms with van der Waals surface area (Å²) in [6.45, 7) is 7.43. The predicted molar refractivity (Wildman–Crippen MR) is 34.9 cm³/mol. The van der Waals surface area contributed by atoms with Gasteiger partial charge in [0.1, 0.15) is 0 Å². The van der Waals surface area contributed by atoms with Gasteiger partial charge in [0, 0.05) is 0 Å². The Morgan fingerprint density at radius 1 is 1.12 bits per heavy atom. The molecule has 1 aliphatic rings. The summed E-state index contributed by atoms with van der Waals surface area (Å²) in [6, 6.07) is 0. The Kier molecular flexibility index (Phi) is 5.12. The highest BCUT2D eigenvalue weighted by Gasteiger charge is 2.14. The molecule has 0 aromatic carbocycles. The molecule has 1 aliphatic heterocycles. The molecule has 0 amide bonds. The smallest absolute Gasteiger partial charge is 0.409 e. The second kappa shape index (κ2) is 5.13. The zero-order valence-electron chi connectivity index (χ0n) is 5.81. The highest BCUT2D eigenvalue weighted by atomic mass is 16.6. The van der Waals surface area contributed by atoms with Crippen LogP contribution in [0.2, 0.25) is 6.82 Å². The van der Waals surface area contributed by atoms with Gasteiger partial charge in [0.2, 0.25) is 0 Å². The van der Waals surface area contributed by atoms with Crippen LogP contribution >= 0.6 is 0 Å². The van der Waals surface area contributed by atoms with Gasteiger partial charge in [-0.15, -0.1) is 0 Å². The molecule has 3 heteroatoms. The highest BCUT2D eigenvalue weighted by molar-refractivity contribution is 6.43. The van der Waals surface area contributed by atoms with Crippen LogP contribution in [0.4, 0.5) is 0 Å². The summed E-state index contributed by atoms with van der Waals surface area (Å²) in [6.07, 6.45) is 0. The third-order valence-corrected chi connectivity index (χ3v) is 0.788. The fourth-order valence-electron chi connectivity index (χ4n) is 0.476. The van der Waals surface area contributed by atoms with E-state index >= 15 is 0 Å². The van der Waals surface area contributed by atoms with Crippen molar-refractivity contribution in [3.8, 4) is 0 Å². The second-order valence-electron chi connectivity index (χ2n) is 1.31. The lowest BCUT2D eigenvalue weighted by atomic mass is 9.97. The molecule has 8 heavy (non-hydrogen) atoms. The molecule has 0 aliphatic carbocycles. The normalized spacial score (nSPS) is 17.6. The van der Waals surface area contributed by atoms with Crippen LogP contribution in [0, 0.1) is 0 Å². The molecule has 0 unspecified atom stereocenters. The maximum absolute atomic E-state index is 4.93. The first-order chi connectivity index (χ1) is 3.89. The monoisotopic (exact) mass is 116 g/mol. The van der Waals surface area contributed by atoms with E-state index in [1.807, 2.05) is 20.7 Å². The van der Waals surface area contributed by atoms with Crippen LogP contribution in [-0.2, 0) is 9.31 Å². The summed E-state index contributed by atoms with van der Waals surface area (Å²) in [5.41, 5.74) is 0. The van der Waals surface area contributed by atoms with Crippen LogP contribution in [0.15, 0.2) is 0 Å². The van der Waals surface area contributed by atoms with E-state index in [2.05, 4.69) is 0 Å². The van der Waals surface area contributed by atoms with Gasteiger partial charge in [-0.2, -0.15) is 0 Å². The first-order valence-corrected chi connectivity index (χ1v) is 3.13. The average molecular weight is 116 g/mol. The molecule has 0 radical (unpaired) electrons. The molecule has 1 saturated heterocycles. The van der Waals surface area contributed by atoms with Crippen molar-refractivity contribution in [3.05, 3.63) is 0 Å². The van der Waals surface area contributed by atoms with Crippen LogP contribution in [0.3, 0.4) is 0 Å². The van der Waals surface area contributed by atoms with Gasteiger partial charge in [-0.3, -0.25) is 0 Å². The number of rotatable bonds is 0. The van der Waals surface area contributed by atoms with Crippen molar-refractivity contribution >= 4 is 7.12 Å². The minimum Gasteiger partial charge on any atom is -0.409 e. The van der Waals surface area contributed by atoms with Crippen molar-refractivity contribution in [1.82, 2.24) is 0 Å². The first-order valence-electron chi connectivity index (χ1n) is 3.13. The van der Waals surface area contributed by atoms with Crippen LogP contribution < -0.4 is 0 Å². The van der Waals surface area contributed by atoms with Crippen LogP contribution in [0.1, 0.15) is 13.8 Å². The van der Waals surface area contributed by atoms with Crippen LogP contribution in [0.25, 0.3) is 0 Å². The highest BCUT2D eigenvalue weighted by Crippen LogP contribution is 1.95. The van der Waals surface area contributed by atoms with Gasteiger partial charge in [-0.05, 0) is 6.82 Å². The zero-order chi connectivity index (χ0) is 6.41. The Balaban J connectivity index is 0.000000222. The van der Waals surface area contributed by atoms with Crippen molar-refractivity contribution in [2.75, 3.05) is 13.2 Å². The lowest BCUT2D eigenvalue weighted by Crippen LogP contribution is -2.05. The molecule has 2 nitrogen and oxygen atoms in total. The lowest BCUT2D eigenvalue weighted by Gasteiger charge is -1.87. The maximum atomic E-state index is 4.93. The van der Waals surface area contributed by atoms with E-state index < -0.39 is 0 Å². The summed E-state index contributed by atoms with van der Waals surface area (Å²) in [4.78, 5) is 0. The van der Waals surface area contributed by atoms with E-state index in [1.165, 1.54) is 0 Å². The lowest BCUT2D eigenvalue weighted by molar-refractivity contribution is 0.365. The van der Waals surface area contributed by atoms with E-state index in [0.29, 0.717) is 0 Å². The van der Waals surface area contributed by atoms with Gasteiger partial charge >= 0.3 is 7.12 Å². The zero-order valence-corrected chi connectivity index (χ0v) is 5.81. The summed E-state index contributed by atoms with van der Waals surface area (Å²) >= 11 is 0. The fourth-order valence-corrected chi connectivity index (χ4v) is 0.476. The predicted octanol–water partition coefficient (Wildman–Crippen LogP) is 1.18.